The van der Waals surface area contributed by atoms with Crippen LogP contribution in [-0.4, -0.2) is 194 Å². The maximum Gasteiger partial charge on any atom is 0.209 e. The summed E-state index contributed by atoms with van der Waals surface area (Å²) in [5, 5.41) is -0.698. The van der Waals surface area contributed by atoms with Gasteiger partial charge in [-0.15, -0.1) is 0 Å². The highest BCUT2D eigenvalue weighted by Gasteiger charge is 2.44. The zero-order valence-electron chi connectivity index (χ0n) is 80.1. The van der Waals surface area contributed by atoms with Crippen LogP contribution in [0.1, 0.15) is 141 Å². The van der Waals surface area contributed by atoms with E-state index in [1.165, 1.54) is 37.6 Å². The molecule has 12 aromatic rings. The summed E-state index contributed by atoms with van der Waals surface area (Å²) in [5.41, 5.74) is 31.5. The van der Waals surface area contributed by atoms with Gasteiger partial charge in [0.1, 0.15) is 115 Å². The standard InChI is InChI=1S/C28H30F3N3O4S.C26H27F3N4O3S.C25H26F3N5O3S.C24H24F3N5O/c1-16-12-17(13-23(32)28(16)39(36,37)11-10-38-2)19-8-9-33-15-18(19)14-25(35)24-7-6-22(31)27(34-24)26-20(29)4-3-5-21(26)30;1-14-10-15(11-21(30)25(14)33-37(2,35)36)17-8-9-31-13-16(17)12-23(34)22-7-6-20(29)26(32-22)24-18(27)4-3-5-19(24)28;1-14-12-33(13-19(29)24(14)32-37(2,35)36)21-8-9-30-11-15(21)10-22(34)20-7-6-18(28)25(31-20)23-16(26)4-3-5-17(23)27;1-13-11-32(12-18(28)23(13)29)20-7-8-30-10-14(20)9-21(33)19-6-5-17(27)24(31-19)22-15(25)3-2-4-16(22)26/h3-9,15-17,23,28H,10-14,32H2,1-2H3;3-9,13-15,21,25,33H,10-12,30H2,1-2H3;3-9,11,14,19,24,32H,10,12-13,29H2,1-2H3;2-8,10,13,18,23H,9,11-12,28-29H2,1H3/t16-,17+,23+,28-;14-,15+,21+,25+;14-,19+,24-;13-,18+,23-/m0000/s1. The molecule has 0 spiro atoms. The molecule has 2 aliphatic carbocycles. The minimum atomic E-state index is -3.46. The normalized spacial score (nSPS) is 21.2. The molecule has 2 saturated heterocycles. The fourth-order valence-corrected chi connectivity index (χ4v) is 23.3. The molecule has 0 unspecified atom stereocenters. The number of ketones is 4. The molecule has 0 radical (unpaired) electrons. The lowest BCUT2D eigenvalue weighted by Crippen LogP contribution is -2.61. The first-order chi connectivity index (χ1) is 69.2. The van der Waals surface area contributed by atoms with Crippen LogP contribution >= 0.6 is 0 Å². The molecular formula is C103H107F12N17O11S3. The van der Waals surface area contributed by atoms with Gasteiger partial charge < -0.3 is 43.2 Å². The van der Waals surface area contributed by atoms with Crippen molar-refractivity contribution in [1.82, 2.24) is 49.3 Å². The van der Waals surface area contributed by atoms with Gasteiger partial charge in [-0.2, -0.15) is 0 Å². The zero-order chi connectivity index (χ0) is 106. The van der Waals surface area contributed by atoms with Gasteiger partial charge in [-0.1, -0.05) is 52.0 Å². The number of carbonyl (C=O) groups is 4. The smallest absolute Gasteiger partial charge is 0.209 e. The summed E-state index contributed by atoms with van der Waals surface area (Å²) in [7, 11) is -8.88. The molecule has 12 N–H and O–H groups in total. The average molecular weight is 2080 g/mol. The number of piperidine rings is 2. The second kappa shape index (κ2) is 47.7. The molecule has 28 nitrogen and oxygen atoms in total. The molecule has 2 saturated carbocycles. The fraction of sp³-hybridized carbons (Fsp3) is 0.340. The number of nitrogens with two attached hydrogens (primary N) is 5. The number of methoxy groups -OCH3 is 1. The van der Waals surface area contributed by atoms with Crippen molar-refractivity contribution >= 4 is 64.4 Å². The van der Waals surface area contributed by atoms with Crippen molar-refractivity contribution in [2.45, 2.75) is 138 Å². The van der Waals surface area contributed by atoms with Gasteiger partial charge in [0.05, 0.1) is 52.4 Å². The van der Waals surface area contributed by atoms with Crippen molar-refractivity contribution in [3.63, 3.8) is 0 Å². The topological polar surface area (TPSA) is 444 Å². The Morgan fingerprint density at radius 2 is 0.658 bits per heavy atom. The molecule has 146 heavy (non-hydrogen) atoms. The SMILES string of the molecule is COCCS(=O)(=O)[C@@H]1[C@H](N)C[C@H](c2ccncc2CC(=O)c2ccc(F)c(-c3c(F)cccc3F)n2)C[C@@H]1C.C[C@H]1CN(c2ccncc2CC(=O)c2ccc(F)c(-c3c(F)cccc3F)n2)C[C@@H](N)[C@H]1N.C[C@H]1CN(c2ccncc2CC(=O)c2ccc(F)c(-c3c(F)cccc3F)n2)C[C@@H](N)[C@H]1NS(C)(=O)=O.C[C@H]1C[C@@H](c2ccncc2CC(=O)c2ccc(F)c(-c3c(F)cccc3F)n2)C[C@@H](N)[C@@H]1NS(C)(=O)=O. The van der Waals surface area contributed by atoms with Crippen LogP contribution in [0.3, 0.4) is 0 Å². The maximum atomic E-state index is 14.5. The van der Waals surface area contributed by atoms with Crippen molar-refractivity contribution in [3.05, 3.63) is 321 Å². The summed E-state index contributed by atoms with van der Waals surface area (Å²) in [6, 6.07) is 25.5. The van der Waals surface area contributed by atoms with E-state index in [0.29, 0.717) is 79.8 Å². The number of sulfonamides is 2. The molecule has 8 aromatic heterocycles. The van der Waals surface area contributed by atoms with Crippen molar-refractivity contribution in [3.8, 4) is 45.0 Å². The summed E-state index contributed by atoms with van der Waals surface area (Å²) in [4.78, 5) is 88.9. The third kappa shape index (κ3) is 26.7. The van der Waals surface area contributed by atoms with E-state index >= 15 is 0 Å². The van der Waals surface area contributed by atoms with Crippen molar-refractivity contribution < 1.29 is 102 Å². The Balaban J connectivity index is 0.000000163. The number of sulfone groups is 1. The summed E-state index contributed by atoms with van der Waals surface area (Å²) >= 11 is 0. The van der Waals surface area contributed by atoms with Crippen LogP contribution in [0.2, 0.25) is 0 Å². The highest BCUT2D eigenvalue weighted by atomic mass is 32.2. The number of nitrogens with zero attached hydrogens (tertiary/aromatic N) is 10. The molecule has 10 heterocycles. The van der Waals surface area contributed by atoms with Crippen LogP contribution in [0.4, 0.5) is 64.1 Å². The highest BCUT2D eigenvalue weighted by molar-refractivity contribution is 7.92. The predicted molar refractivity (Wildman–Crippen MR) is 525 cm³/mol. The van der Waals surface area contributed by atoms with Crippen LogP contribution in [0.25, 0.3) is 45.0 Å². The Labute approximate surface area is 835 Å². The van der Waals surface area contributed by atoms with E-state index in [4.69, 9.17) is 33.4 Å². The van der Waals surface area contributed by atoms with Gasteiger partial charge in [-0.05, 0) is 205 Å². The van der Waals surface area contributed by atoms with Gasteiger partial charge >= 0.3 is 0 Å². The summed E-state index contributed by atoms with van der Waals surface area (Å²) in [5.74, 6) is -14.1. The molecule has 4 aliphatic rings. The Kier molecular flexibility index (Phi) is 36.0. The van der Waals surface area contributed by atoms with E-state index in [0.717, 1.165) is 126 Å². The number of ether oxygens (including phenoxy) is 1. The van der Waals surface area contributed by atoms with Crippen molar-refractivity contribution in [2.24, 2.45) is 52.3 Å². The third-order valence-corrected chi connectivity index (χ3v) is 30.0. The second-order valence-corrected chi connectivity index (χ2v) is 42.8. The first-order valence-electron chi connectivity index (χ1n) is 46.4. The number of nitrogens with one attached hydrogen (secondary N) is 2. The Morgan fingerprint density at radius 3 is 0.973 bits per heavy atom. The Hall–Kier alpha value is -13.0. The number of hydrogen-bond acceptors (Lipinski definition) is 26. The Bertz CT molecular complexity index is 6860. The monoisotopic (exact) mass is 2080 g/mol. The average Bonchev–Trinajstić information content (AvgIpc) is 0.700. The van der Waals surface area contributed by atoms with Gasteiger partial charge in [-0.3, -0.25) is 39.1 Å². The van der Waals surface area contributed by atoms with Crippen LogP contribution < -0.4 is 47.9 Å². The molecule has 43 heteroatoms. The second-order valence-electron chi connectivity index (χ2n) is 37.0. The van der Waals surface area contributed by atoms with E-state index in [9.17, 15) is 97.1 Å². The van der Waals surface area contributed by atoms with Crippen molar-refractivity contribution in [1.29, 1.82) is 0 Å². The molecule has 16 rings (SSSR count). The summed E-state index contributed by atoms with van der Waals surface area (Å²) in [6.07, 6.45) is 16.4. The molecule has 4 aromatic carbocycles. The van der Waals surface area contributed by atoms with Crippen molar-refractivity contribution in [2.75, 3.05) is 68.0 Å². The van der Waals surface area contributed by atoms with Crippen LogP contribution in [0.5, 0.6) is 0 Å². The van der Waals surface area contributed by atoms with Gasteiger partial charge in [0, 0.05) is 173 Å². The lowest BCUT2D eigenvalue weighted by atomic mass is 9.73. The van der Waals surface area contributed by atoms with Crippen LogP contribution in [0.15, 0.2) is 195 Å². The zero-order valence-corrected chi connectivity index (χ0v) is 82.5. The van der Waals surface area contributed by atoms with Gasteiger partial charge in [0.25, 0.3) is 0 Å². The first kappa shape index (κ1) is 110. The largest absolute Gasteiger partial charge is 0.384 e. The minimum absolute atomic E-state index is 0.0438. The minimum Gasteiger partial charge on any atom is -0.384 e. The van der Waals surface area contributed by atoms with Crippen LogP contribution in [0, 0.1) is 93.5 Å². The quantitative estimate of drug-likeness (QED) is 0.0177. The molecule has 2 aliphatic heterocycles. The van der Waals surface area contributed by atoms with Gasteiger partial charge in [0.2, 0.25) is 20.0 Å². The number of pyridine rings is 8. The van der Waals surface area contributed by atoms with E-state index in [1.54, 1.807) is 67.6 Å². The molecular weight excluding hydrogens is 1980 g/mol. The number of carbonyl (C=O) groups excluding carboxylic acids is 4. The predicted octanol–water partition coefficient (Wildman–Crippen LogP) is 13.8. The van der Waals surface area contributed by atoms with Gasteiger partial charge in [0.15, 0.2) is 33.0 Å². The number of hydrogen-bond donors (Lipinski definition) is 7. The first-order valence-corrected chi connectivity index (χ1v) is 51.9. The van der Waals surface area contributed by atoms with E-state index < -0.39 is 203 Å². The summed E-state index contributed by atoms with van der Waals surface area (Å²) < 4.78 is 255. The fourth-order valence-electron chi connectivity index (χ4n) is 19.3. The molecule has 0 bridgehead atoms. The lowest BCUT2D eigenvalue weighted by Gasteiger charge is -2.42. The molecule has 4 fully saturated rings. The van der Waals surface area contributed by atoms with E-state index in [2.05, 4.69) is 54.2 Å². The van der Waals surface area contributed by atoms with E-state index in [1.807, 2.05) is 32.6 Å². The van der Waals surface area contributed by atoms with Crippen LogP contribution in [-0.2, 0) is 60.3 Å². The number of halogens is 12. The van der Waals surface area contributed by atoms with Gasteiger partial charge in [-0.25, -0.2) is 107 Å². The summed E-state index contributed by atoms with van der Waals surface area (Å²) in [6.45, 7) is 9.79. The molecule has 14 atom stereocenters. The van der Waals surface area contributed by atoms with E-state index in [-0.39, 0.29) is 108 Å². The third-order valence-electron chi connectivity index (χ3n) is 26.2. The lowest BCUT2D eigenvalue weighted by molar-refractivity contribution is 0.0979. The molecule has 772 valence electrons. The number of rotatable bonds is 28. The molecule has 0 amide bonds. The maximum absolute atomic E-state index is 14.5. The number of anilines is 2. The number of aromatic nitrogens is 8. The Morgan fingerprint density at radius 1 is 0.356 bits per heavy atom. The highest BCUT2D eigenvalue weighted by Crippen LogP contribution is 2.43. The number of Topliss-reactive ketones (excluding diaryl/α,β-unsaturated/α-hetero) is 4. The number of benzene rings is 4.